The molecule has 3 aliphatic carbocycles. The van der Waals surface area contributed by atoms with Crippen LogP contribution in [0.15, 0.2) is 23.8 Å². The van der Waals surface area contributed by atoms with Crippen LogP contribution in [-0.2, 0) is 33.6 Å². The summed E-state index contributed by atoms with van der Waals surface area (Å²) in [5, 5.41) is 0. The first-order chi connectivity index (χ1) is 17.3. The Kier molecular flexibility index (Phi) is 4.66. The molecule has 37 heavy (non-hydrogen) atoms. The molecule has 0 radical (unpaired) electrons. The first-order valence-corrected chi connectivity index (χ1v) is 14.2. The molecule has 3 spiro atoms. The average Bonchev–Trinajstić information content (AvgIpc) is 3.28. The number of cyclic esters (lactones) is 1. The second-order valence-corrected chi connectivity index (χ2v) is 14.3. The summed E-state index contributed by atoms with van der Waals surface area (Å²) in [6.07, 6.45) is 11.6. The molecule has 2 bridgehead atoms. The van der Waals surface area contributed by atoms with E-state index in [1.807, 2.05) is 32.9 Å². The summed E-state index contributed by atoms with van der Waals surface area (Å²) in [4.78, 5) is 37.5. The molecule has 4 aliphatic heterocycles. The van der Waals surface area contributed by atoms with Gasteiger partial charge in [-0.3, -0.25) is 0 Å². The molecule has 202 valence electrons. The van der Waals surface area contributed by atoms with E-state index in [0.717, 1.165) is 38.5 Å². The number of hydrogen-bond acceptors (Lipinski definition) is 7. The topological polar surface area (TPSA) is 80.3 Å². The molecule has 0 aromatic carbocycles. The number of carbonyl (C=O) groups is 2. The van der Waals surface area contributed by atoms with Crippen molar-refractivity contribution in [2.75, 3.05) is 0 Å². The molecule has 0 aromatic rings. The zero-order valence-electron chi connectivity index (χ0n) is 22.9. The van der Waals surface area contributed by atoms with E-state index in [9.17, 15) is 9.59 Å². The van der Waals surface area contributed by atoms with Gasteiger partial charge in [0.1, 0.15) is 16.8 Å². The predicted octanol–water partition coefficient (Wildman–Crippen LogP) is 5.18. The van der Waals surface area contributed by atoms with Gasteiger partial charge in [0.2, 0.25) is 5.79 Å². The van der Waals surface area contributed by atoms with Crippen LogP contribution >= 0.6 is 0 Å². The Hall–Kier alpha value is -1.70. The van der Waals surface area contributed by atoms with E-state index < -0.39 is 22.6 Å². The number of fused-ring (bicyclic) bond motifs is 4. The van der Waals surface area contributed by atoms with Gasteiger partial charge < -0.3 is 14.2 Å². The van der Waals surface area contributed by atoms with Gasteiger partial charge in [-0.1, -0.05) is 20.8 Å². The van der Waals surface area contributed by atoms with Gasteiger partial charge in [0, 0.05) is 30.4 Å². The molecule has 10 atom stereocenters. The van der Waals surface area contributed by atoms with Gasteiger partial charge in [0.25, 0.3) is 0 Å². The molecule has 0 N–H and O–H groups in total. The fraction of sp³-hybridized carbons (Fsp3) is 0.800. The number of ether oxygens (including phenoxy) is 3. The van der Waals surface area contributed by atoms with Gasteiger partial charge in [0.15, 0.2) is 0 Å². The van der Waals surface area contributed by atoms with E-state index in [4.69, 9.17) is 24.0 Å². The summed E-state index contributed by atoms with van der Waals surface area (Å²) in [7, 11) is 0. The lowest BCUT2D eigenvalue weighted by Gasteiger charge is -2.59. The Balaban J connectivity index is 1.27. The predicted molar refractivity (Wildman–Crippen MR) is 133 cm³/mol. The molecule has 5 fully saturated rings. The van der Waals surface area contributed by atoms with Gasteiger partial charge in [-0.15, -0.1) is 0 Å². The molecule has 7 aliphatic rings. The van der Waals surface area contributed by atoms with Crippen molar-refractivity contribution in [3.63, 3.8) is 0 Å². The van der Waals surface area contributed by atoms with Crippen LogP contribution in [0.25, 0.3) is 0 Å². The summed E-state index contributed by atoms with van der Waals surface area (Å²) < 4.78 is 18.5. The first-order valence-electron chi connectivity index (χ1n) is 14.2. The van der Waals surface area contributed by atoms with Crippen LogP contribution in [0, 0.1) is 34.5 Å². The Labute approximate surface area is 219 Å². The molecule has 7 rings (SSSR count). The lowest BCUT2D eigenvalue weighted by Crippen LogP contribution is -2.58. The van der Waals surface area contributed by atoms with E-state index >= 15 is 0 Å². The van der Waals surface area contributed by atoms with Gasteiger partial charge in [0.05, 0.1) is 6.10 Å². The monoisotopic (exact) mass is 512 g/mol. The molecule has 3 saturated carbocycles. The Bertz CT molecular complexity index is 1140. The highest BCUT2D eigenvalue weighted by Crippen LogP contribution is 2.75. The minimum Gasteiger partial charge on any atom is -0.456 e. The molecule has 7 heteroatoms. The standard InChI is InChI=1S/C30H40O7/c1-17-13-30(14-18(2)24(32)35-30)33-19-15-27(6)21-8-7-20-25(3,4)34-22(31)9-10-28(20)16-29(21,37-36-28)12-11-26(27,5)23(17)19/h9-10,14,17,19-21,23H,7-8,11-13,15-16H2,1-6H3/t17-,19-,20+,21+,23+,26-,27+,28+,29-,30+/m1/s1. The van der Waals surface area contributed by atoms with Crippen molar-refractivity contribution in [3.8, 4) is 0 Å². The fourth-order valence-electron chi connectivity index (χ4n) is 10.6. The highest BCUT2D eigenvalue weighted by molar-refractivity contribution is 5.90. The molecule has 7 nitrogen and oxygen atoms in total. The van der Waals surface area contributed by atoms with Crippen molar-refractivity contribution < 1.29 is 33.6 Å². The number of rotatable bonds is 0. The zero-order valence-corrected chi connectivity index (χ0v) is 22.9. The molecule has 2 saturated heterocycles. The van der Waals surface area contributed by atoms with E-state index in [1.54, 1.807) is 0 Å². The third-order valence-electron chi connectivity index (χ3n) is 12.1. The van der Waals surface area contributed by atoms with E-state index in [-0.39, 0.29) is 40.7 Å². The van der Waals surface area contributed by atoms with Gasteiger partial charge >= 0.3 is 11.9 Å². The molecule has 0 aromatic heterocycles. The fourth-order valence-corrected chi connectivity index (χ4v) is 10.6. The van der Waals surface area contributed by atoms with Crippen LogP contribution in [0.1, 0.15) is 86.5 Å². The highest BCUT2D eigenvalue weighted by atomic mass is 17.2. The number of carbonyl (C=O) groups excluding carboxylic acids is 2. The highest BCUT2D eigenvalue weighted by Gasteiger charge is 2.75. The van der Waals surface area contributed by atoms with Crippen molar-refractivity contribution in [2.24, 2.45) is 34.5 Å². The Morgan fingerprint density at radius 1 is 0.919 bits per heavy atom. The molecule has 0 unspecified atom stereocenters. The van der Waals surface area contributed by atoms with E-state index in [2.05, 4.69) is 20.8 Å². The van der Waals surface area contributed by atoms with Crippen LogP contribution in [-0.4, -0.2) is 40.6 Å². The van der Waals surface area contributed by atoms with E-state index in [1.165, 1.54) is 6.08 Å². The number of hydrogen-bond donors (Lipinski definition) is 0. The molecule has 0 amide bonds. The lowest BCUT2D eigenvalue weighted by molar-refractivity contribution is -0.384. The van der Waals surface area contributed by atoms with Crippen molar-refractivity contribution in [2.45, 2.75) is 115 Å². The van der Waals surface area contributed by atoms with Gasteiger partial charge in [-0.25, -0.2) is 19.4 Å². The smallest absolute Gasteiger partial charge is 0.336 e. The van der Waals surface area contributed by atoms with Crippen LogP contribution in [0.5, 0.6) is 0 Å². The largest absolute Gasteiger partial charge is 0.456 e. The molecular formula is C30H40O7. The van der Waals surface area contributed by atoms with Crippen molar-refractivity contribution in [3.05, 3.63) is 23.8 Å². The van der Waals surface area contributed by atoms with Crippen LogP contribution in [0.3, 0.4) is 0 Å². The summed E-state index contributed by atoms with van der Waals surface area (Å²) in [6.45, 7) is 13.1. The Morgan fingerprint density at radius 2 is 1.68 bits per heavy atom. The SMILES string of the molecule is CC1=C[C@]2(C[C@@H](C)[C@H]3[C@@H](C[C@@]4(C)[C@@H]5CC[C@H]6C(C)(C)OC(=O)C=C[C@]67C[C@@]5(CC[C@]34C)OO7)O2)OC1=O. The lowest BCUT2D eigenvalue weighted by atomic mass is 9.46. The van der Waals surface area contributed by atoms with Crippen molar-refractivity contribution >= 4 is 11.9 Å². The van der Waals surface area contributed by atoms with E-state index in [0.29, 0.717) is 23.8 Å². The van der Waals surface area contributed by atoms with Gasteiger partial charge in [-0.2, -0.15) is 0 Å². The van der Waals surface area contributed by atoms with Crippen LogP contribution in [0.4, 0.5) is 0 Å². The minimum absolute atomic E-state index is 0.00988. The van der Waals surface area contributed by atoms with Crippen LogP contribution in [0.2, 0.25) is 0 Å². The third kappa shape index (κ3) is 2.94. The van der Waals surface area contributed by atoms with Crippen molar-refractivity contribution in [1.82, 2.24) is 0 Å². The zero-order chi connectivity index (χ0) is 26.2. The Morgan fingerprint density at radius 3 is 2.41 bits per heavy atom. The third-order valence-corrected chi connectivity index (χ3v) is 12.1. The quantitative estimate of drug-likeness (QED) is 0.327. The maximum Gasteiger partial charge on any atom is 0.336 e. The second-order valence-electron chi connectivity index (χ2n) is 14.3. The first kappa shape index (κ1) is 24.3. The molecular weight excluding hydrogens is 472 g/mol. The average molecular weight is 513 g/mol. The van der Waals surface area contributed by atoms with Gasteiger partial charge in [-0.05, 0) is 93.6 Å². The second kappa shape index (κ2) is 7.08. The van der Waals surface area contributed by atoms with Crippen LogP contribution < -0.4 is 0 Å². The number of esters is 2. The summed E-state index contributed by atoms with van der Waals surface area (Å²) in [5.74, 6) is -0.463. The maximum absolute atomic E-state index is 12.4. The summed E-state index contributed by atoms with van der Waals surface area (Å²) in [6, 6.07) is 0. The maximum atomic E-state index is 12.4. The normalized spacial score (nSPS) is 55.3. The van der Waals surface area contributed by atoms with Crippen molar-refractivity contribution in [1.29, 1.82) is 0 Å². The minimum atomic E-state index is -0.925. The summed E-state index contributed by atoms with van der Waals surface area (Å²) in [5.41, 5.74) is -1.05. The summed E-state index contributed by atoms with van der Waals surface area (Å²) >= 11 is 0. The molecule has 4 heterocycles.